The van der Waals surface area contributed by atoms with E-state index in [1.54, 1.807) is 6.92 Å². The number of amides is 1. The van der Waals surface area contributed by atoms with Crippen molar-refractivity contribution in [3.8, 4) is 0 Å². The largest absolute Gasteiger partial charge is 1.00 e. The van der Waals surface area contributed by atoms with E-state index in [0.717, 1.165) is 19.3 Å². The Morgan fingerprint density at radius 3 is 2.40 bits per heavy atom. The number of unbranched alkanes of at least 4 members (excludes halogenated alkanes) is 2. The summed E-state index contributed by atoms with van der Waals surface area (Å²) in [5.41, 5.74) is 1.83. The first-order valence-corrected chi connectivity index (χ1v) is 4.92. The molecule has 0 fully saturated rings. The van der Waals surface area contributed by atoms with Gasteiger partial charge in [-0.25, -0.2) is 5.84 Å². The molecule has 2 unspecified atom stereocenters. The second kappa shape index (κ2) is 11.6. The maximum atomic E-state index is 11.0. The first-order chi connectivity index (χ1) is 6.57. The third kappa shape index (κ3) is 11.4. The molecule has 0 spiro atoms. The molecule has 2 atom stereocenters. The number of nitrogens with two attached hydrogens (primary N) is 1. The van der Waals surface area contributed by atoms with Crippen LogP contribution >= 0.6 is 0 Å². The van der Waals surface area contributed by atoms with Crippen LogP contribution in [-0.2, 0) is 4.79 Å². The van der Waals surface area contributed by atoms with Crippen molar-refractivity contribution in [2.45, 2.75) is 51.2 Å². The molecule has 15 heavy (non-hydrogen) atoms. The zero-order chi connectivity index (χ0) is 11.0. The van der Waals surface area contributed by atoms with Gasteiger partial charge in [0, 0.05) is 0 Å². The van der Waals surface area contributed by atoms with Gasteiger partial charge in [0.05, 0.1) is 6.10 Å². The van der Waals surface area contributed by atoms with Crippen LogP contribution in [0, 0.1) is 0 Å². The summed E-state index contributed by atoms with van der Waals surface area (Å²) in [6.45, 7) is 1.73. The fraction of sp³-hybridized carbons (Fsp3) is 0.889. The molecule has 0 radical (unpaired) electrons. The summed E-state index contributed by atoms with van der Waals surface area (Å²) >= 11 is 0. The van der Waals surface area contributed by atoms with Crippen LogP contribution in [0.3, 0.4) is 0 Å². The fourth-order valence-corrected chi connectivity index (χ4v) is 1.17. The first kappa shape index (κ1) is 18.5. The van der Waals surface area contributed by atoms with E-state index < -0.39 is 12.0 Å². The van der Waals surface area contributed by atoms with E-state index >= 15 is 0 Å². The molecule has 0 aliphatic rings. The molecule has 6 heteroatoms. The number of hydrazine groups is 1. The van der Waals surface area contributed by atoms with E-state index in [-0.39, 0.29) is 64.3 Å². The van der Waals surface area contributed by atoms with Crippen molar-refractivity contribution in [2.24, 2.45) is 5.84 Å². The SMILES string of the molecule is CC(O)CCCCCC([O-])C(=O)NN.[Rb+]. The summed E-state index contributed by atoms with van der Waals surface area (Å²) in [6.07, 6.45) is 1.96. The molecule has 84 valence electrons. The maximum absolute atomic E-state index is 11.0. The van der Waals surface area contributed by atoms with Crippen LogP contribution in [0.5, 0.6) is 0 Å². The average Bonchev–Trinajstić information content (AvgIpc) is 2.15. The number of rotatable bonds is 7. The van der Waals surface area contributed by atoms with Gasteiger partial charge in [0.15, 0.2) is 0 Å². The average molecular weight is 289 g/mol. The Bertz CT molecular complexity index is 167. The number of hydrogen-bond donors (Lipinski definition) is 3. The number of carbonyl (C=O) groups is 1. The normalized spacial score (nSPS) is 13.9. The molecule has 0 aliphatic carbocycles. The molecule has 0 aromatic heterocycles. The summed E-state index contributed by atoms with van der Waals surface area (Å²) in [5.74, 6) is 4.16. The predicted octanol–water partition coefficient (Wildman–Crippen LogP) is -3.96. The van der Waals surface area contributed by atoms with E-state index in [1.165, 1.54) is 0 Å². The minimum absolute atomic E-state index is 0. The van der Waals surface area contributed by atoms with Gasteiger partial charge >= 0.3 is 58.2 Å². The molecule has 0 bridgehead atoms. The van der Waals surface area contributed by atoms with E-state index in [1.807, 2.05) is 5.43 Å². The van der Waals surface area contributed by atoms with Crippen molar-refractivity contribution in [2.75, 3.05) is 0 Å². The van der Waals surface area contributed by atoms with Gasteiger partial charge in [-0.1, -0.05) is 25.7 Å². The first-order valence-electron chi connectivity index (χ1n) is 4.92. The Labute approximate surface area is 140 Å². The maximum Gasteiger partial charge on any atom is 1.00 e. The van der Waals surface area contributed by atoms with Gasteiger partial charge in [-0.15, -0.1) is 0 Å². The molecule has 1 amide bonds. The smallest absolute Gasteiger partial charge is 0.845 e. The van der Waals surface area contributed by atoms with Crippen LogP contribution in [-0.4, -0.2) is 23.2 Å². The van der Waals surface area contributed by atoms with E-state index in [2.05, 4.69) is 0 Å². The molecular formula is C9H19N2O3Rb. The van der Waals surface area contributed by atoms with Crippen LogP contribution in [0.4, 0.5) is 0 Å². The second-order valence-electron chi connectivity index (χ2n) is 3.48. The summed E-state index contributed by atoms with van der Waals surface area (Å²) in [4.78, 5) is 10.7. The van der Waals surface area contributed by atoms with Crippen molar-refractivity contribution in [1.82, 2.24) is 5.43 Å². The van der Waals surface area contributed by atoms with Crippen LogP contribution in [0.1, 0.15) is 39.0 Å². The van der Waals surface area contributed by atoms with Crippen LogP contribution < -0.4 is 74.6 Å². The minimum Gasteiger partial charge on any atom is -0.845 e. The summed E-state index contributed by atoms with van der Waals surface area (Å²) in [7, 11) is 0. The molecule has 0 aromatic rings. The van der Waals surface area contributed by atoms with Crippen molar-refractivity contribution in [3.63, 3.8) is 0 Å². The molecule has 0 heterocycles. The quantitative estimate of drug-likeness (QED) is 0.193. The summed E-state index contributed by atoms with van der Waals surface area (Å²) < 4.78 is 0. The van der Waals surface area contributed by atoms with Crippen molar-refractivity contribution in [1.29, 1.82) is 0 Å². The van der Waals surface area contributed by atoms with E-state index in [0.29, 0.717) is 12.8 Å². The molecule has 0 saturated carbocycles. The van der Waals surface area contributed by atoms with Gasteiger partial charge in [0.1, 0.15) is 0 Å². The Hall–Kier alpha value is 1.16. The Balaban J connectivity index is 0. The van der Waals surface area contributed by atoms with E-state index in [4.69, 9.17) is 10.9 Å². The van der Waals surface area contributed by atoms with Crippen LogP contribution in [0.2, 0.25) is 0 Å². The Kier molecular flexibility index (Phi) is 14.4. The zero-order valence-corrected chi connectivity index (χ0v) is 14.4. The third-order valence-corrected chi connectivity index (χ3v) is 2.02. The molecule has 0 saturated heterocycles. The topological polar surface area (TPSA) is 98.4 Å². The minimum atomic E-state index is -1.26. The fourth-order valence-electron chi connectivity index (χ4n) is 1.17. The standard InChI is InChI=1S/C9H19N2O3.Rb/c1-7(12)5-3-2-4-6-8(13)9(14)11-10;/h7-8,12H,2-6,10H2,1H3,(H,11,14);/q-1;+1. The number of nitrogens with one attached hydrogen (secondary N) is 1. The second-order valence-corrected chi connectivity index (χ2v) is 3.48. The van der Waals surface area contributed by atoms with E-state index in [9.17, 15) is 9.90 Å². The Morgan fingerprint density at radius 1 is 1.40 bits per heavy atom. The van der Waals surface area contributed by atoms with Gasteiger partial charge in [-0.3, -0.25) is 10.2 Å². The zero-order valence-electron chi connectivity index (χ0n) is 9.53. The molecule has 4 N–H and O–H groups in total. The Morgan fingerprint density at radius 2 is 1.93 bits per heavy atom. The van der Waals surface area contributed by atoms with Crippen LogP contribution in [0.15, 0.2) is 0 Å². The summed E-state index contributed by atoms with van der Waals surface area (Å²) in [6, 6.07) is 0. The van der Waals surface area contributed by atoms with Gasteiger partial charge in [0.2, 0.25) is 5.91 Å². The third-order valence-electron chi connectivity index (χ3n) is 2.02. The number of aliphatic hydroxyl groups is 1. The van der Waals surface area contributed by atoms with Crippen molar-refractivity contribution < 1.29 is 73.2 Å². The monoisotopic (exact) mass is 288 g/mol. The van der Waals surface area contributed by atoms with Gasteiger partial charge in [-0.05, 0) is 19.4 Å². The molecule has 0 aliphatic heterocycles. The van der Waals surface area contributed by atoms with Gasteiger partial charge in [0.25, 0.3) is 0 Å². The molecule has 0 rings (SSSR count). The van der Waals surface area contributed by atoms with Gasteiger partial charge in [-0.2, -0.15) is 0 Å². The summed E-state index contributed by atoms with van der Waals surface area (Å²) in [5, 5.41) is 20.0. The van der Waals surface area contributed by atoms with Crippen LogP contribution in [0.25, 0.3) is 0 Å². The predicted molar refractivity (Wildman–Crippen MR) is 50.9 cm³/mol. The van der Waals surface area contributed by atoms with Crippen molar-refractivity contribution in [3.05, 3.63) is 0 Å². The molecular weight excluding hydrogens is 270 g/mol. The number of carbonyl (C=O) groups excluding carboxylic acids is 1. The number of aliphatic hydroxyl groups excluding tert-OH is 1. The van der Waals surface area contributed by atoms with Gasteiger partial charge < -0.3 is 10.2 Å². The molecule has 5 nitrogen and oxygen atoms in total. The van der Waals surface area contributed by atoms with Crippen molar-refractivity contribution >= 4 is 5.91 Å². The number of hydrogen-bond acceptors (Lipinski definition) is 4. The molecule has 0 aromatic carbocycles.